The molecule has 1 N–H and O–H groups in total. The van der Waals surface area contributed by atoms with Gasteiger partial charge in [0.15, 0.2) is 0 Å². The molecule has 0 aromatic heterocycles. The minimum Gasteiger partial charge on any atom is -0.478 e. The molecule has 148 valence electrons. The number of carboxylic acids is 1. The van der Waals surface area contributed by atoms with Crippen LogP contribution >= 0.6 is 45.2 Å². The zero-order valence-corrected chi connectivity index (χ0v) is 18.4. The molecule has 2 aromatic carbocycles. The van der Waals surface area contributed by atoms with Crippen LogP contribution in [0.4, 0.5) is 11.4 Å². The molecule has 0 fully saturated rings. The third-order valence-electron chi connectivity index (χ3n) is 3.04. The highest BCUT2D eigenvalue weighted by molar-refractivity contribution is 14.1. The molecule has 0 radical (unpaired) electrons. The summed E-state index contributed by atoms with van der Waals surface area (Å²) in [7, 11) is 0. The second-order valence-corrected chi connectivity index (χ2v) is 7.20. The maximum atomic E-state index is 11.3. The number of hydrogen-bond acceptors (Lipinski definition) is 7. The Labute approximate surface area is 185 Å². The van der Waals surface area contributed by atoms with E-state index in [0.717, 1.165) is 6.07 Å². The monoisotopic (exact) mass is 614 g/mol. The number of carbonyl (C=O) groups excluding carboxylic acids is 1. The molecule has 28 heavy (non-hydrogen) atoms. The minimum atomic E-state index is -1.17. The van der Waals surface area contributed by atoms with E-state index in [4.69, 9.17) is 9.84 Å². The molecule has 2 rings (SSSR count). The Bertz CT molecular complexity index is 933. The van der Waals surface area contributed by atoms with Crippen LogP contribution in [0, 0.1) is 27.4 Å². The summed E-state index contributed by atoms with van der Waals surface area (Å²) >= 11 is 3.62. The quantitative estimate of drug-likeness (QED) is 0.227. The maximum absolute atomic E-state index is 11.3. The lowest BCUT2D eigenvalue weighted by atomic mass is 10.2. The fourth-order valence-electron chi connectivity index (χ4n) is 1.78. The zero-order chi connectivity index (χ0) is 21.4. The van der Waals surface area contributed by atoms with Gasteiger partial charge in [-0.2, -0.15) is 0 Å². The first-order chi connectivity index (χ1) is 13.1. The van der Waals surface area contributed by atoms with Crippen molar-refractivity contribution < 1.29 is 29.3 Å². The van der Waals surface area contributed by atoms with Crippen LogP contribution in [0.2, 0.25) is 0 Å². The number of esters is 1. The molecule has 0 amide bonds. The van der Waals surface area contributed by atoms with E-state index in [-0.39, 0.29) is 29.1 Å². The number of nitro benzene ring substituents is 2. The third kappa shape index (κ3) is 6.66. The van der Waals surface area contributed by atoms with Gasteiger partial charge in [-0.3, -0.25) is 20.2 Å². The van der Waals surface area contributed by atoms with Gasteiger partial charge in [-0.05, 0) is 76.4 Å². The standard InChI is InChI=1S/C9H8INO4.C7H4INO4/c1-2-15-9(12)6-3-4-7(10)8(5-6)11(13)14;8-5-2-1-4(7(10)11)3-6(5)9(12)13/h3-5H,2H2,1H3;1-3H,(H,10,11). The first kappa shape index (κ1) is 23.7. The summed E-state index contributed by atoms with van der Waals surface area (Å²) in [5.41, 5.74) is -0.141. The van der Waals surface area contributed by atoms with E-state index in [1.807, 2.05) is 22.6 Å². The Kier molecular flexibility index (Phi) is 9.17. The van der Waals surface area contributed by atoms with Crippen LogP contribution in [0.3, 0.4) is 0 Å². The number of hydrogen-bond donors (Lipinski definition) is 1. The topological polar surface area (TPSA) is 150 Å². The van der Waals surface area contributed by atoms with Gasteiger partial charge in [0.1, 0.15) is 0 Å². The van der Waals surface area contributed by atoms with Crippen molar-refractivity contribution in [1.82, 2.24) is 0 Å². The van der Waals surface area contributed by atoms with E-state index >= 15 is 0 Å². The average Bonchev–Trinajstić information content (AvgIpc) is 2.62. The summed E-state index contributed by atoms with van der Waals surface area (Å²) in [6.45, 7) is 1.93. The van der Waals surface area contributed by atoms with Gasteiger partial charge < -0.3 is 9.84 Å². The van der Waals surface area contributed by atoms with Crippen molar-refractivity contribution in [3.63, 3.8) is 0 Å². The van der Waals surface area contributed by atoms with Crippen LogP contribution < -0.4 is 0 Å². The van der Waals surface area contributed by atoms with Gasteiger partial charge in [0.2, 0.25) is 0 Å². The number of rotatable bonds is 5. The van der Waals surface area contributed by atoms with Crippen LogP contribution in [0.1, 0.15) is 27.6 Å². The fraction of sp³-hybridized carbons (Fsp3) is 0.125. The predicted octanol–water partition coefficient (Wildman–Crippen LogP) is 4.27. The minimum absolute atomic E-state index is 0.0767. The number of nitrogens with zero attached hydrogens (tertiary/aromatic N) is 2. The molecule has 0 aliphatic rings. The van der Waals surface area contributed by atoms with E-state index in [2.05, 4.69) is 0 Å². The third-order valence-corrected chi connectivity index (χ3v) is 4.87. The van der Waals surface area contributed by atoms with Crippen molar-refractivity contribution in [2.75, 3.05) is 6.61 Å². The summed E-state index contributed by atoms with van der Waals surface area (Å²) in [6.07, 6.45) is 0. The van der Waals surface area contributed by atoms with Crippen LogP contribution in [-0.2, 0) is 4.74 Å². The highest BCUT2D eigenvalue weighted by Crippen LogP contribution is 2.23. The first-order valence-electron chi connectivity index (χ1n) is 7.36. The Balaban J connectivity index is 0.000000283. The molecule has 0 heterocycles. The summed E-state index contributed by atoms with van der Waals surface area (Å²) in [6, 6.07) is 8.03. The summed E-state index contributed by atoms with van der Waals surface area (Å²) < 4.78 is 5.65. The van der Waals surface area contributed by atoms with Gasteiger partial charge in [0, 0.05) is 12.1 Å². The number of carbonyl (C=O) groups is 2. The smallest absolute Gasteiger partial charge is 0.338 e. The number of carboxylic acid groups (broad SMARTS) is 1. The normalized spacial score (nSPS) is 9.68. The second-order valence-electron chi connectivity index (χ2n) is 4.87. The van der Waals surface area contributed by atoms with Gasteiger partial charge >= 0.3 is 11.9 Å². The maximum Gasteiger partial charge on any atom is 0.338 e. The Morgan fingerprint density at radius 1 is 0.964 bits per heavy atom. The first-order valence-corrected chi connectivity index (χ1v) is 9.52. The molecule has 0 atom stereocenters. The molecule has 0 bridgehead atoms. The molecule has 0 saturated heterocycles. The van der Waals surface area contributed by atoms with Crippen LogP contribution in [0.25, 0.3) is 0 Å². The van der Waals surface area contributed by atoms with Crippen molar-refractivity contribution in [2.24, 2.45) is 0 Å². The molecule has 2 aromatic rings. The predicted molar refractivity (Wildman–Crippen MR) is 115 cm³/mol. The van der Waals surface area contributed by atoms with E-state index in [0.29, 0.717) is 7.14 Å². The molecule has 12 heteroatoms. The van der Waals surface area contributed by atoms with Gasteiger partial charge in [0.05, 0.1) is 34.7 Å². The van der Waals surface area contributed by atoms with Gasteiger partial charge in [0.25, 0.3) is 11.4 Å². The van der Waals surface area contributed by atoms with Gasteiger partial charge in [-0.15, -0.1) is 0 Å². The lowest BCUT2D eigenvalue weighted by molar-refractivity contribution is -0.386. The Hall–Kier alpha value is -2.36. The van der Waals surface area contributed by atoms with Crippen molar-refractivity contribution in [2.45, 2.75) is 6.92 Å². The Morgan fingerprint density at radius 3 is 1.79 bits per heavy atom. The summed E-state index contributed by atoms with van der Waals surface area (Å²) in [4.78, 5) is 41.6. The van der Waals surface area contributed by atoms with Crippen molar-refractivity contribution >= 4 is 68.5 Å². The van der Waals surface area contributed by atoms with E-state index in [1.165, 1.54) is 30.3 Å². The van der Waals surface area contributed by atoms with Crippen LogP contribution in [0.5, 0.6) is 0 Å². The number of aromatic carboxylic acids is 1. The average molecular weight is 614 g/mol. The van der Waals surface area contributed by atoms with Gasteiger partial charge in [-0.25, -0.2) is 9.59 Å². The summed E-state index contributed by atoms with van der Waals surface area (Å²) in [5, 5.41) is 29.6. The molecule has 0 unspecified atom stereocenters. The number of nitro groups is 2. The van der Waals surface area contributed by atoms with E-state index in [1.54, 1.807) is 29.5 Å². The van der Waals surface area contributed by atoms with E-state index in [9.17, 15) is 29.8 Å². The van der Waals surface area contributed by atoms with Crippen molar-refractivity contribution in [3.05, 3.63) is 74.9 Å². The number of ether oxygens (including phenoxy) is 1. The van der Waals surface area contributed by atoms with Crippen molar-refractivity contribution in [1.29, 1.82) is 0 Å². The van der Waals surface area contributed by atoms with Crippen LogP contribution in [0.15, 0.2) is 36.4 Å². The van der Waals surface area contributed by atoms with Crippen LogP contribution in [-0.4, -0.2) is 33.5 Å². The zero-order valence-electron chi connectivity index (χ0n) is 14.1. The van der Waals surface area contributed by atoms with Crippen molar-refractivity contribution in [3.8, 4) is 0 Å². The molecule has 0 aliphatic heterocycles. The van der Waals surface area contributed by atoms with E-state index < -0.39 is 21.8 Å². The lowest BCUT2D eigenvalue weighted by Crippen LogP contribution is -2.05. The molecule has 0 spiro atoms. The molecular formula is C16H12I2N2O8. The second kappa shape index (κ2) is 10.8. The number of halogens is 2. The SMILES string of the molecule is CCOC(=O)c1ccc(I)c([N+](=O)[O-])c1.O=C(O)c1ccc(I)c([N+](=O)[O-])c1. The van der Waals surface area contributed by atoms with Gasteiger partial charge in [-0.1, -0.05) is 0 Å². The number of benzene rings is 2. The largest absolute Gasteiger partial charge is 0.478 e. The highest BCUT2D eigenvalue weighted by atomic mass is 127. The molecule has 0 aliphatic carbocycles. The molecular weight excluding hydrogens is 602 g/mol. The fourth-order valence-corrected chi connectivity index (χ4v) is 2.84. The highest BCUT2D eigenvalue weighted by Gasteiger charge is 2.16. The summed E-state index contributed by atoms with van der Waals surface area (Å²) in [5.74, 6) is -1.71. The lowest BCUT2D eigenvalue weighted by Gasteiger charge is -2.02. The molecule has 0 saturated carbocycles. The Morgan fingerprint density at radius 2 is 1.39 bits per heavy atom. The molecule has 10 nitrogen and oxygen atoms in total.